The smallest absolute Gasteiger partial charge is 0.321 e. The Bertz CT molecular complexity index is 1030. The highest BCUT2D eigenvalue weighted by atomic mass is 32.1. The van der Waals surface area contributed by atoms with Gasteiger partial charge in [0.2, 0.25) is 5.01 Å². The Hall–Kier alpha value is -3.33. The van der Waals surface area contributed by atoms with Crippen LogP contribution in [0.4, 0.5) is 20.6 Å². The van der Waals surface area contributed by atoms with Crippen LogP contribution in [0.2, 0.25) is 0 Å². The summed E-state index contributed by atoms with van der Waals surface area (Å²) < 4.78 is 13.0. The standard InChI is InChI=1S/C21H20FN5O2S/c22-15-8-10-17(11-9-15)23-18(28)20-26-25-19(30-20)14-5-4-12-27(13-14)21(29)24-16-6-2-1-3-7-16/h1-3,6-11,14H,4-5,12-13H2,(H,23,28)(H,24,29)/t14-/m1/s1. The first-order valence-corrected chi connectivity index (χ1v) is 10.4. The Morgan fingerprint density at radius 1 is 1.00 bits per heavy atom. The first-order chi connectivity index (χ1) is 14.6. The summed E-state index contributed by atoms with van der Waals surface area (Å²) >= 11 is 1.22. The predicted octanol–water partition coefficient (Wildman–Crippen LogP) is 4.34. The minimum absolute atomic E-state index is 0.0325. The minimum Gasteiger partial charge on any atom is -0.324 e. The molecule has 9 heteroatoms. The van der Waals surface area contributed by atoms with Crippen molar-refractivity contribution >= 4 is 34.6 Å². The number of urea groups is 1. The lowest BCUT2D eigenvalue weighted by Crippen LogP contribution is -2.41. The lowest BCUT2D eigenvalue weighted by molar-refractivity contribution is 0.102. The van der Waals surface area contributed by atoms with Crippen molar-refractivity contribution in [2.24, 2.45) is 0 Å². The van der Waals surface area contributed by atoms with Crippen LogP contribution in [0.5, 0.6) is 0 Å². The van der Waals surface area contributed by atoms with Crippen molar-refractivity contribution in [3.63, 3.8) is 0 Å². The largest absolute Gasteiger partial charge is 0.324 e. The maximum Gasteiger partial charge on any atom is 0.321 e. The van der Waals surface area contributed by atoms with E-state index >= 15 is 0 Å². The van der Waals surface area contributed by atoms with Crippen LogP contribution in [0.3, 0.4) is 0 Å². The molecule has 0 saturated carbocycles. The van der Waals surface area contributed by atoms with Crippen molar-refractivity contribution in [3.8, 4) is 0 Å². The summed E-state index contributed by atoms with van der Waals surface area (Å²) in [6.07, 6.45) is 1.73. The number of likely N-dealkylation sites (tertiary alicyclic amines) is 1. The summed E-state index contributed by atoms with van der Waals surface area (Å²) in [7, 11) is 0. The highest BCUT2D eigenvalue weighted by Gasteiger charge is 2.28. The number of rotatable bonds is 4. The number of benzene rings is 2. The molecule has 1 atom stereocenters. The fourth-order valence-electron chi connectivity index (χ4n) is 3.30. The number of nitrogens with one attached hydrogen (secondary N) is 2. The van der Waals surface area contributed by atoms with Crippen LogP contribution in [-0.4, -0.2) is 40.1 Å². The number of para-hydroxylation sites is 1. The summed E-state index contributed by atoms with van der Waals surface area (Å²) in [5.74, 6) is -0.727. The maximum absolute atomic E-state index is 13.0. The monoisotopic (exact) mass is 425 g/mol. The number of carbonyl (C=O) groups excluding carboxylic acids is 2. The predicted molar refractivity (Wildman–Crippen MR) is 113 cm³/mol. The molecule has 1 aromatic heterocycles. The Morgan fingerprint density at radius 3 is 2.50 bits per heavy atom. The second kappa shape index (κ2) is 9.00. The topological polar surface area (TPSA) is 87.2 Å². The van der Waals surface area contributed by atoms with Gasteiger partial charge in [-0.15, -0.1) is 10.2 Å². The molecule has 1 saturated heterocycles. The fraction of sp³-hybridized carbons (Fsp3) is 0.238. The Balaban J connectivity index is 1.38. The molecule has 0 aliphatic carbocycles. The Labute approximate surface area is 176 Å². The molecule has 1 fully saturated rings. The lowest BCUT2D eigenvalue weighted by atomic mass is 9.99. The van der Waals surface area contributed by atoms with Gasteiger partial charge in [-0.05, 0) is 49.2 Å². The molecule has 1 aliphatic rings. The van der Waals surface area contributed by atoms with Gasteiger partial charge in [-0.2, -0.15) is 0 Å². The number of anilines is 2. The third-order valence-electron chi connectivity index (χ3n) is 4.82. The number of hydrogen-bond donors (Lipinski definition) is 2. The van der Waals surface area contributed by atoms with Crippen molar-refractivity contribution in [1.82, 2.24) is 15.1 Å². The molecule has 0 bridgehead atoms. The molecular formula is C21H20FN5O2S. The first-order valence-electron chi connectivity index (χ1n) is 9.60. The van der Waals surface area contributed by atoms with E-state index in [9.17, 15) is 14.0 Å². The van der Waals surface area contributed by atoms with Crippen molar-refractivity contribution in [1.29, 1.82) is 0 Å². The van der Waals surface area contributed by atoms with Gasteiger partial charge in [0, 0.05) is 30.4 Å². The molecule has 0 radical (unpaired) electrons. The van der Waals surface area contributed by atoms with Crippen molar-refractivity contribution in [2.75, 3.05) is 23.7 Å². The lowest BCUT2D eigenvalue weighted by Gasteiger charge is -2.31. The van der Waals surface area contributed by atoms with Gasteiger partial charge in [0.1, 0.15) is 10.8 Å². The number of nitrogens with zero attached hydrogens (tertiary/aromatic N) is 3. The average Bonchev–Trinajstić information content (AvgIpc) is 3.27. The molecule has 3 amide bonds. The van der Waals surface area contributed by atoms with Gasteiger partial charge >= 0.3 is 6.03 Å². The zero-order valence-electron chi connectivity index (χ0n) is 16.0. The van der Waals surface area contributed by atoms with Gasteiger partial charge in [-0.1, -0.05) is 29.5 Å². The van der Waals surface area contributed by atoms with E-state index < -0.39 is 0 Å². The summed E-state index contributed by atoms with van der Waals surface area (Å²) in [6.45, 7) is 1.19. The maximum atomic E-state index is 13.0. The van der Waals surface area contributed by atoms with Crippen LogP contribution >= 0.6 is 11.3 Å². The van der Waals surface area contributed by atoms with E-state index in [0.717, 1.165) is 23.5 Å². The number of amides is 3. The molecule has 30 heavy (non-hydrogen) atoms. The van der Waals surface area contributed by atoms with Gasteiger partial charge in [0.05, 0.1) is 0 Å². The fourth-order valence-corrected chi connectivity index (χ4v) is 4.16. The number of carbonyl (C=O) groups is 2. The van der Waals surface area contributed by atoms with Crippen LogP contribution in [0.1, 0.15) is 33.6 Å². The SMILES string of the molecule is O=C(Nc1ccc(F)cc1)c1nnc([C@@H]2CCCN(C(=O)Nc3ccccc3)C2)s1. The van der Waals surface area contributed by atoms with Gasteiger partial charge in [0.25, 0.3) is 5.91 Å². The molecule has 154 valence electrons. The third-order valence-corrected chi connectivity index (χ3v) is 5.90. The number of hydrogen-bond acceptors (Lipinski definition) is 5. The molecule has 1 aliphatic heterocycles. The zero-order chi connectivity index (χ0) is 20.9. The molecule has 4 rings (SSSR count). The normalized spacial score (nSPS) is 16.2. The first kappa shape index (κ1) is 20.0. The van der Waals surface area contributed by atoms with Crippen LogP contribution in [0.15, 0.2) is 54.6 Å². The summed E-state index contributed by atoms with van der Waals surface area (Å²) in [5, 5.41) is 14.7. The number of halogens is 1. The Morgan fingerprint density at radius 2 is 1.73 bits per heavy atom. The van der Waals surface area contributed by atoms with E-state index in [4.69, 9.17) is 0 Å². The van der Waals surface area contributed by atoms with Gasteiger partial charge < -0.3 is 15.5 Å². The van der Waals surface area contributed by atoms with Crippen LogP contribution in [-0.2, 0) is 0 Å². The molecule has 2 heterocycles. The van der Waals surface area contributed by atoms with Crippen molar-refractivity contribution in [2.45, 2.75) is 18.8 Å². The Kier molecular flexibility index (Phi) is 5.99. The highest BCUT2D eigenvalue weighted by molar-refractivity contribution is 7.13. The van der Waals surface area contributed by atoms with Crippen molar-refractivity contribution < 1.29 is 14.0 Å². The quantitative estimate of drug-likeness (QED) is 0.651. The molecule has 2 aromatic carbocycles. The van der Waals surface area contributed by atoms with Crippen LogP contribution < -0.4 is 10.6 Å². The van der Waals surface area contributed by atoms with E-state index in [0.29, 0.717) is 18.8 Å². The van der Waals surface area contributed by atoms with E-state index in [1.165, 1.54) is 35.6 Å². The van der Waals surface area contributed by atoms with Gasteiger partial charge in [-0.25, -0.2) is 9.18 Å². The average molecular weight is 425 g/mol. The van der Waals surface area contributed by atoms with Crippen LogP contribution in [0.25, 0.3) is 0 Å². The second-order valence-corrected chi connectivity index (χ2v) is 8.00. The molecule has 0 spiro atoms. The van der Waals surface area contributed by atoms with Gasteiger partial charge in [0.15, 0.2) is 0 Å². The van der Waals surface area contributed by atoms with E-state index in [1.54, 1.807) is 4.90 Å². The molecule has 0 unspecified atom stereocenters. The third kappa shape index (κ3) is 4.80. The van der Waals surface area contributed by atoms with Crippen LogP contribution in [0, 0.1) is 5.82 Å². The molecule has 7 nitrogen and oxygen atoms in total. The number of piperidine rings is 1. The number of aromatic nitrogens is 2. The summed E-state index contributed by atoms with van der Waals surface area (Å²) in [5.41, 5.74) is 1.24. The molecular weight excluding hydrogens is 405 g/mol. The van der Waals surface area contributed by atoms with E-state index in [2.05, 4.69) is 20.8 Å². The minimum atomic E-state index is -0.389. The van der Waals surface area contributed by atoms with E-state index in [-0.39, 0.29) is 28.7 Å². The van der Waals surface area contributed by atoms with Gasteiger partial charge in [-0.3, -0.25) is 4.79 Å². The van der Waals surface area contributed by atoms with E-state index in [1.807, 2.05) is 30.3 Å². The summed E-state index contributed by atoms with van der Waals surface area (Å²) in [6, 6.07) is 14.7. The summed E-state index contributed by atoms with van der Waals surface area (Å²) in [4.78, 5) is 26.7. The molecule has 2 N–H and O–H groups in total. The highest BCUT2D eigenvalue weighted by Crippen LogP contribution is 2.29. The second-order valence-electron chi connectivity index (χ2n) is 6.99. The van der Waals surface area contributed by atoms with Crippen molar-refractivity contribution in [3.05, 3.63) is 70.4 Å². The molecule has 3 aromatic rings. The zero-order valence-corrected chi connectivity index (χ0v) is 16.9.